The van der Waals surface area contributed by atoms with Crippen molar-refractivity contribution in [1.29, 1.82) is 0 Å². The van der Waals surface area contributed by atoms with Crippen molar-refractivity contribution in [2.24, 2.45) is 5.41 Å². The minimum absolute atomic E-state index is 0.0228. The fourth-order valence-electron chi connectivity index (χ4n) is 4.85. The first-order chi connectivity index (χ1) is 15.7. The number of alkyl halides is 1. The minimum Gasteiger partial charge on any atom is -0.478 e. The molecule has 0 saturated carbocycles. The van der Waals surface area contributed by atoms with Crippen molar-refractivity contribution in [3.63, 3.8) is 0 Å². The van der Waals surface area contributed by atoms with Crippen LogP contribution in [0.1, 0.15) is 86.1 Å². The highest BCUT2D eigenvalue weighted by atomic mass is 32.2. The zero-order chi connectivity index (χ0) is 24.3. The predicted molar refractivity (Wildman–Crippen MR) is 131 cm³/mol. The number of aliphatic carboxylic acids is 1. The summed E-state index contributed by atoms with van der Waals surface area (Å²) in [6, 6.07) is 8.10. The number of hydrogen-bond donors (Lipinski definition) is 1. The Hall–Kier alpha value is -2.12. The Bertz CT molecular complexity index is 1020. The van der Waals surface area contributed by atoms with Gasteiger partial charge in [0.1, 0.15) is 0 Å². The molecule has 1 saturated heterocycles. The van der Waals surface area contributed by atoms with E-state index < -0.39 is 12.3 Å². The Labute approximate surface area is 200 Å². The number of benzene rings is 1. The maximum absolute atomic E-state index is 14.8. The van der Waals surface area contributed by atoms with E-state index in [4.69, 9.17) is 0 Å². The summed E-state index contributed by atoms with van der Waals surface area (Å²) in [5.41, 5.74) is 3.09. The molecule has 1 N–H and O–H groups in total. The van der Waals surface area contributed by atoms with E-state index in [1.54, 1.807) is 18.9 Å². The molecule has 1 aromatic carbocycles. The van der Waals surface area contributed by atoms with Gasteiger partial charge in [0, 0.05) is 47.8 Å². The molecule has 1 aliphatic heterocycles. The van der Waals surface area contributed by atoms with Crippen LogP contribution in [0.2, 0.25) is 0 Å². The van der Waals surface area contributed by atoms with E-state index in [-0.39, 0.29) is 11.2 Å². The number of fused-ring (bicyclic) bond motifs is 1. The van der Waals surface area contributed by atoms with Crippen molar-refractivity contribution in [3.8, 4) is 0 Å². The molecule has 7 heteroatoms. The maximum atomic E-state index is 14.8. The van der Waals surface area contributed by atoms with Gasteiger partial charge in [-0.1, -0.05) is 45.9 Å². The highest BCUT2D eigenvalue weighted by molar-refractivity contribution is 7.97. The number of hydrogen-bond acceptors (Lipinski definition) is 4. The number of carbonyl (C=O) groups excluding carboxylic acids is 1. The van der Waals surface area contributed by atoms with E-state index in [0.29, 0.717) is 36.2 Å². The first kappa shape index (κ1) is 25.5. The highest BCUT2D eigenvalue weighted by Crippen LogP contribution is 2.41. The summed E-state index contributed by atoms with van der Waals surface area (Å²) in [7, 11) is 0. The largest absolute Gasteiger partial charge is 0.478 e. The number of carbonyl (C=O) groups is 2. The maximum Gasteiger partial charge on any atom is 0.359 e. The molecule has 2 heterocycles. The first-order valence-corrected chi connectivity index (χ1v) is 12.6. The lowest BCUT2D eigenvalue weighted by Crippen LogP contribution is -2.30. The van der Waals surface area contributed by atoms with Crippen LogP contribution in [0.25, 0.3) is 0 Å². The van der Waals surface area contributed by atoms with E-state index in [0.717, 1.165) is 29.1 Å². The zero-order valence-corrected chi connectivity index (χ0v) is 21.1. The molecule has 5 nitrogen and oxygen atoms in total. The lowest BCUT2D eigenvalue weighted by atomic mass is 9.75. The molecule has 0 radical (unpaired) electrons. The molecule has 0 spiro atoms. The normalized spacial score (nSPS) is 18.4. The van der Waals surface area contributed by atoms with Gasteiger partial charge < -0.3 is 9.67 Å². The summed E-state index contributed by atoms with van der Waals surface area (Å²) in [6.45, 7) is 11.8. The first-order valence-electron chi connectivity index (χ1n) is 11.8. The van der Waals surface area contributed by atoms with E-state index in [1.165, 1.54) is 17.4 Å². The van der Waals surface area contributed by atoms with Gasteiger partial charge in [-0.05, 0) is 60.7 Å². The van der Waals surface area contributed by atoms with Crippen LogP contribution in [0.4, 0.5) is 4.39 Å². The van der Waals surface area contributed by atoms with Crippen LogP contribution >= 0.6 is 11.9 Å². The summed E-state index contributed by atoms with van der Waals surface area (Å²) in [4.78, 5) is 25.8. The minimum atomic E-state index is -2.20. The van der Waals surface area contributed by atoms with E-state index in [9.17, 15) is 19.1 Å². The molecular weight excluding hydrogens is 439 g/mol. The van der Waals surface area contributed by atoms with Gasteiger partial charge >= 0.3 is 5.97 Å². The second-order valence-electron chi connectivity index (χ2n) is 9.38. The number of aromatic nitrogens is 1. The van der Waals surface area contributed by atoms with Crippen molar-refractivity contribution in [2.45, 2.75) is 77.9 Å². The van der Waals surface area contributed by atoms with Crippen LogP contribution in [0.3, 0.4) is 0 Å². The van der Waals surface area contributed by atoms with Crippen LogP contribution in [0.15, 0.2) is 29.2 Å². The summed E-state index contributed by atoms with van der Waals surface area (Å²) in [5.74, 6) is -1.56. The van der Waals surface area contributed by atoms with E-state index in [2.05, 4.69) is 10.4 Å². The third-order valence-electron chi connectivity index (χ3n) is 6.31. The zero-order valence-electron chi connectivity index (χ0n) is 20.3. The molecule has 1 fully saturated rings. The third-order valence-corrected chi connectivity index (χ3v) is 7.52. The Morgan fingerprint density at radius 3 is 2.45 bits per heavy atom. The number of carboxylic acids is 1. The van der Waals surface area contributed by atoms with Gasteiger partial charge in [-0.15, -0.1) is 0 Å². The fraction of sp³-hybridized carbons (Fsp3) is 0.538. The van der Waals surface area contributed by atoms with Crippen LogP contribution in [0, 0.1) is 12.3 Å². The molecule has 2 aromatic rings. The molecule has 1 atom stereocenters. The molecular formula is C26H35FN2O3S. The molecule has 1 unspecified atom stereocenters. The number of nitrogens with zero attached hydrogens (tertiary/aromatic N) is 2. The third kappa shape index (κ3) is 5.35. The smallest absolute Gasteiger partial charge is 0.359 e. The second-order valence-corrected chi connectivity index (χ2v) is 10.5. The summed E-state index contributed by atoms with van der Waals surface area (Å²) in [5, 5.41) is 9.37. The summed E-state index contributed by atoms with van der Waals surface area (Å²) in [6.07, 6.45) is 1.54. The quantitative estimate of drug-likeness (QED) is 0.503. The lowest BCUT2D eigenvalue weighted by molar-refractivity contribution is -0.146. The Morgan fingerprint density at radius 1 is 1.18 bits per heavy atom. The van der Waals surface area contributed by atoms with Gasteiger partial charge in [0.15, 0.2) is 5.78 Å². The topological polar surface area (TPSA) is 62.5 Å². The molecule has 0 amide bonds. The number of rotatable bonds is 6. The molecule has 0 bridgehead atoms. The van der Waals surface area contributed by atoms with Crippen molar-refractivity contribution >= 4 is 23.7 Å². The van der Waals surface area contributed by atoms with Gasteiger partial charge in [-0.25, -0.2) is 13.5 Å². The molecule has 1 aliphatic carbocycles. The Balaban J connectivity index is 0.00000149. The monoisotopic (exact) mass is 474 g/mol. The average Bonchev–Trinajstić information content (AvgIpc) is 3.36. The fourth-order valence-corrected chi connectivity index (χ4v) is 5.96. The number of carboxylic acid groups (broad SMARTS) is 1. The van der Waals surface area contributed by atoms with Gasteiger partial charge in [0.05, 0.1) is 0 Å². The van der Waals surface area contributed by atoms with Crippen molar-refractivity contribution in [2.75, 3.05) is 13.1 Å². The van der Waals surface area contributed by atoms with Crippen LogP contribution in [-0.2, 0) is 17.6 Å². The van der Waals surface area contributed by atoms with E-state index in [1.807, 2.05) is 45.9 Å². The van der Waals surface area contributed by atoms with E-state index >= 15 is 0 Å². The van der Waals surface area contributed by atoms with Gasteiger partial charge in [0.25, 0.3) is 6.30 Å². The molecule has 1 aromatic heterocycles. The number of ketones is 1. The Morgan fingerprint density at radius 2 is 1.82 bits per heavy atom. The van der Waals surface area contributed by atoms with Gasteiger partial charge in [0.2, 0.25) is 0 Å². The van der Waals surface area contributed by atoms with Crippen molar-refractivity contribution in [1.82, 2.24) is 8.87 Å². The molecule has 2 aliphatic rings. The van der Waals surface area contributed by atoms with Gasteiger partial charge in [-0.2, -0.15) is 0 Å². The van der Waals surface area contributed by atoms with Gasteiger partial charge in [-0.3, -0.25) is 4.79 Å². The SMILES string of the molecule is CC.Cc1c(Cc2ccccc2SN2CCCC2)c2c(n1C(F)C(=O)O)CC(C)(C)CC2=O. The number of Topliss-reactive ketones (excluding diaryl/α,β-unsaturated/α-hetero) is 1. The molecule has 4 rings (SSSR count). The Kier molecular flexibility index (Phi) is 8.06. The lowest BCUT2D eigenvalue weighted by Gasteiger charge is -2.30. The van der Waals surface area contributed by atoms with Crippen LogP contribution in [-0.4, -0.2) is 38.8 Å². The van der Waals surface area contributed by atoms with Crippen LogP contribution in [0.5, 0.6) is 0 Å². The van der Waals surface area contributed by atoms with Crippen LogP contribution < -0.4 is 0 Å². The highest BCUT2D eigenvalue weighted by Gasteiger charge is 2.39. The summed E-state index contributed by atoms with van der Waals surface area (Å²) >= 11 is 1.73. The predicted octanol–water partition coefficient (Wildman–Crippen LogP) is 6.22. The van der Waals surface area contributed by atoms with Crippen molar-refractivity contribution < 1.29 is 19.1 Å². The molecule has 180 valence electrons. The molecule has 33 heavy (non-hydrogen) atoms. The number of halogens is 1. The standard InChI is InChI=1S/C24H29FN2O3S.C2H6/c1-15-17(12-16-8-4-5-9-20(16)31-26-10-6-7-11-26)21-18(27(15)22(25)23(29)30)13-24(2,3)14-19(21)28;1-2/h4-5,8-9,22H,6-7,10-14H2,1-3H3,(H,29,30);1-2H3. The summed E-state index contributed by atoms with van der Waals surface area (Å²) < 4.78 is 18.4. The average molecular weight is 475 g/mol. The second kappa shape index (κ2) is 10.4. The van der Waals surface area contributed by atoms with Crippen molar-refractivity contribution in [3.05, 3.63) is 52.3 Å².